The summed E-state index contributed by atoms with van der Waals surface area (Å²) in [4.78, 5) is 0. The Morgan fingerprint density at radius 2 is 1.95 bits per heavy atom. The molecular formula is C15H19NO4S. The summed E-state index contributed by atoms with van der Waals surface area (Å²) in [5, 5.41) is 8.82. The van der Waals surface area contributed by atoms with Crippen molar-refractivity contribution in [3.05, 3.63) is 29.8 Å². The maximum Gasteiger partial charge on any atom is 0.152 e. The smallest absolute Gasteiger partial charge is 0.152 e. The second-order valence-corrected chi connectivity index (χ2v) is 7.46. The third kappa shape index (κ3) is 2.76. The number of ether oxygens (including phenoxy) is 2. The minimum Gasteiger partial charge on any atom is -0.497 e. The highest BCUT2D eigenvalue weighted by molar-refractivity contribution is 7.91. The summed E-state index contributed by atoms with van der Waals surface area (Å²) in [5.74, 6) is 0.345. The van der Waals surface area contributed by atoms with Crippen LogP contribution in [-0.2, 0) is 14.6 Å². The van der Waals surface area contributed by atoms with Gasteiger partial charge < -0.3 is 9.47 Å². The molecule has 0 N–H and O–H groups in total. The summed E-state index contributed by atoms with van der Waals surface area (Å²) in [7, 11) is -1.76. The van der Waals surface area contributed by atoms with Crippen molar-refractivity contribution in [1.82, 2.24) is 0 Å². The predicted molar refractivity (Wildman–Crippen MR) is 78.9 cm³/mol. The van der Waals surface area contributed by atoms with E-state index in [-0.39, 0.29) is 12.5 Å². The third-order valence-corrected chi connectivity index (χ3v) is 5.56. The summed E-state index contributed by atoms with van der Waals surface area (Å²) in [6.07, 6.45) is 1.18. The Kier molecular flexibility index (Phi) is 4.26. The minimum absolute atomic E-state index is 0.133. The molecule has 114 valence electrons. The maximum absolute atomic E-state index is 12.0. The van der Waals surface area contributed by atoms with Crippen LogP contribution in [0.5, 0.6) is 5.75 Å². The van der Waals surface area contributed by atoms with E-state index in [1.54, 1.807) is 19.2 Å². The topological polar surface area (TPSA) is 76.4 Å². The van der Waals surface area contributed by atoms with E-state index in [1.807, 2.05) is 19.1 Å². The Morgan fingerprint density at radius 1 is 1.33 bits per heavy atom. The van der Waals surface area contributed by atoms with Crippen LogP contribution in [0.15, 0.2) is 24.3 Å². The number of sulfone groups is 1. The molecular weight excluding hydrogens is 290 g/mol. The van der Waals surface area contributed by atoms with E-state index < -0.39 is 20.5 Å². The fraction of sp³-hybridized carbons (Fsp3) is 0.533. The second-order valence-electron chi connectivity index (χ2n) is 5.29. The van der Waals surface area contributed by atoms with Crippen molar-refractivity contribution in [3.63, 3.8) is 0 Å². The van der Waals surface area contributed by atoms with Gasteiger partial charge in [0.25, 0.3) is 0 Å². The molecule has 6 heteroatoms. The number of hydrogen-bond donors (Lipinski definition) is 0. The number of methoxy groups -OCH3 is 1. The lowest BCUT2D eigenvalue weighted by molar-refractivity contribution is 0.117. The lowest BCUT2D eigenvalue weighted by Gasteiger charge is -2.09. The molecule has 21 heavy (non-hydrogen) atoms. The first-order valence-electron chi connectivity index (χ1n) is 6.72. The van der Waals surface area contributed by atoms with E-state index in [2.05, 4.69) is 6.07 Å². The van der Waals surface area contributed by atoms with E-state index in [4.69, 9.17) is 9.47 Å². The molecule has 1 saturated carbocycles. The Labute approximate surface area is 125 Å². The lowest BCUT2D eigenvalue weighted by atomic mass is 10.0. The molecule has 0 spiro atoms. The molecule has 1 aromatic carbocycles. The Morgan fingerprint density at radius 3 is 2.38 bits per heavy atom. The highest BCUT2D eigenvalue weighted by Crippen LogP contribution is 2.62. The quantitative estimate of drug-likeness (QED) is 0.800. The standard InChI is InChI=1S/C15H19NO4S/c1-4-20-10-15(9-16)13(14(15)21(3,17)18)11-5-7-12(19-2)8-6-11/h5-8,13-14H,4,10H2,1-3H3/t13-,14-,15-/m0/s1. The molecule has 0 bridgehead atoms. The normalized spacial score (nSPS) is 27.9. The number of nitriles is 1. The summed E-state index contributed by atoms with van der Waals surface area (Å²) in [6.45, 7) is 2.41. The minimum atomic E-state index is -3.33. The van der Waals surface area contributed by atoms with Gasteiger partial charge in [0, 0.05) is 18.8 Å². The fourth-order valence-electron chi connectivity index (χ4n) is 2.93. The average molecular weight is 309 g/mol. The zero-order chi connectivity index (χ0) is 15.7. The highest BCUT2D eigenvalue weighted by atomic mass is 32.2. The van der Waals surface area contributed by atoms with Crippen LogP contribution in [0.25, 0.3) is 0 Å². The van der Waals surface area contributed by atoms with Gasteiger partial charge >= 0.3 is 0 Å². The van der Waals surface area contributed by atoms with E-state index in [0.29, 0.717) is 12.4 Å². The van der Waals surface area contributed by atoms with Crippen LogP contribution in [0.1, 0.15) is 18.4 Å². The first-order valence-corrected chi connectivity index (χ1v) is 8.68. The highest BCUT2D eigenvalue weighted by Gasteiger charge is 2.71. The van der Waals surface area contributed by atoms with Crippen molar-refractivity contribution in [2.24, 2.45) is 5.41 Å². The molecule has 3 atom stereocenters. The van der Waals surface area contributed by atoms with Crippen LogP contribution in [-0.4, -0.2) is 40.2 Å². The van der Waals surface area contributed by atoms with E-state index in [9.17, 15) is 13.7 Å². The van der Waals surface area contributed by atoms with Crippen LogP contribution in [0.2, 0.25) is 0 Å². The molecule has 0 amide bonds. The van der Waals surface area contributed by atoms with Crippen molar-refractivity contribution in [1.29, 1.82) is 5.26 Å². The summed E-state index contributed by atoms with van der Waals surface area (Å²) >= 11 is 0. The van der Waals surface area contributed by atoms with E-state index in [0.717, 1.165) is 5.56 Å². The Bertz CT molecular complexity index is 647. The fourth-order valence-corrected chi connectivity index (χ4v) is 4.77. The van der Waals surface area contributed by atoms with Crippen LogP contribution < -0.4 is 4.74 Å². The molecule has 0 saturated heterocycles. The van der Waals surface area contributed by atoms with Gasteiger partial charge in [-0.05, 0) is 24.6 Å². The number of nitrogens with zero attached hydrogens (tertiary/aromatic N) is 1. The van der Waals surface area contributed by atoms with Gasteiger partial charge in [-0.1, -0.05) is 12.1 Å². The predicted octanol–water partition coefficient (Wildman–Crippen LogP) is 1.75. The summed E-state index contributed by atoms with van der Waals surface area (Å²) in [5.41, 5.74) is -0.162. The lowest BCUT2D eigenvalue weighted by Crippen LogP contribution is -2.18. The van der Waals surface area contributed by atoms with Gasteiger partial charge in [0.2, 0.25) is 0 Å². The molecule has 0 aliphatic heterocycles. The molecule has 0 heterocycles. The van der Waals surface area contributed by atoms with Gasteiger partial charge in [-0.3, -0.25) is 0 Å². The van der Waals surface area contributed by atoms with Crippen molar-refractivity contribution in [2.75, 3.05) is 26.6 Å². The molecule has 0 aromatic heterocycles. The van der Waals surface area contributed by atoms with Crippen LogP contribution in [0.3, 0.4) is 0 Å². The number of benzene rings is 1. The molecule has 1 fully saturated rings. The van der Waals surface area contributed by atoms with Gasteiger partial charge in [0.05, 0.1) is 25.0 Å². The van der Waals surface area contributed by atoms with Crippen LogP contribution >= 0.6 is 0 Å². The van der Waals surface area contributed by atoms with Gasteiger partial charge in [0.1, 0.15) is 11.2 Å². The van der Waals surface area contributed by atoms with Crippen molar-refractivity contribution < 1.29 is 17.9 Å². The Hall–Kier alpha value is -1.58. The molecule has 1 aromatic rings. The van der Waals surface area contributed by atoms with Crippen molar-refractivity contribution in [2.45, 2.75) is 18.1 Å². The van der Waals surface area contributed by atoms with Crippen LogP contribution in [0, 0.1) is 16.7 Å². The van der Waals surface area contributed by atoms with Gasteiger partial charge in [-0.25, -0.2) is 8.42 Å². The molecule has 2 rings (SSSR count). The monoisotopic (exact) mass is 309 g/mol. The van der Waals surface area contributed by atoms with Crippen molar-refractivity contribution in [3.8, 4) is 11.8 Å². The summed E-state index contributed by atoms with van der Waals surface area (Å²) < 4.78 is 34.5. The molecule has 1 aliphatic carbocycles. The maximum atomic E-state index is 12.0. The molecule has 5 nitrogen and oxygen atoms in total. The number of hydrogen-bond acceptors (Lipinski definition) is 5. The number of rotatable bonds is 6. The third-order valence-electron chi connectivity index (χ3n) is 3.95. The SMILES string of the molecule is CCOC[C@@]1(C#N)[C@@H](c2ccc(OC)cc2)[C@@H]1S(C)(=O)=O. The first-order chi connectivity index (χ1) is 9.90. The zero-order valence-corrected chi connectivity index (χ0v) is 13.2. The first kappa shape index (κ1) is 15.8. The van der Waals surface area contributed by atoms with Crippen molar-refractivity contribution >= 4 is 9.84 Å². The van der Waals surface area contributed by atoms with E-state index >= 15 is 0 Å². The second kappa shape index (κ2) is 5.66. The molecule has 0 radical (unpaired) electrons. The zero-order valence-electron chi connectivity index (χ0n) is 12.4. The molecule has 0 unspecified atom stereocenters. The largest absolute Gasteiger partial charge is 0.497 e. The molecule has 1 aliphatic rings. The summed E-state index contributed by atoms with van der Waals surface area (Å²) in [6, 6.07) is 9.36. The average Bonchev–Trinajstić information content (AvgIpc) is 3.15. The van der Waals surface area contributed by atoms with Gasteiger partial charge in [-0.2, -0.15) is 5.26 Å². The van der Waals surface area contributed by atoms with Gasteiger partial charge in [0.15, 0.2) is 9.84 Å². The van der Waals surface area contributed by atoms with Gasteiger partial charge in [-0.15, -0.1) is 0 Å². The van der Waals surface area contributed by atoms with Crippen LogP contribution in [0.4, 0.5) is 0 Å². The van der Waals surface area contributed by atoms with E-state index in [1.165, 1.54) is 6.26 Å². The Balaban J connectivity index is 2.37.